The summed E-state index contributed by atoms with van der Waals surface area (Å²) >= 11 is 0. The summed E-state index contributed by atoms with van der Waals surface area (Å²) in [4.78, 5) is 16.5. The van der Waals surface area contributed by atoms with Crippen molar-refractivity contribution in [3.8, 4) is 0 Å². The van der Waals surface area contributed by atoms with E-state index in [9.17, 15) is 4.79 Å². The van der Waals surface area contributed by atoms with Gasteiger partial charge in [-0.25, -0.2) is 0 Å². The van der Waals surface area contributed by atoms with Crippen molar-refractivity contribution in [3.05, 3.63) is 35.4 Å². The Labute approximate surface area is 95.7 Å². The Kier molecular flexibility index (Phi) is 4.04. The van der Waals surface area contributed by atoms with Gasteiger partial charge in [-0.1, -0.05) is 18.2 Å². The molecule has 4 nitrogen and oxygen atoms in total. The SMILES string of the molecule is CC(C)(C)ONCc1ccccc1C(N)=O. The van der Waals surface area contributed by atoms with Crippen LogP contribution < -0.4 is 11.2 Å². The van der Waals surface area contributed by atoms with E-state index in [1.165, 1.54) is 0 Å². The molecule has 0 heterocycles. The fraction of sp³-hybridized carbons (Fsp3) is 0.417. The van der Waals surface area contributed by atoms with Crippen LogP contribution >= 0.6 is 0 Å². The maximum absolute atomic E-state index is 11.1. The highest BCUT2D eigenvalue weighted by molar-refractivity contribution is 5.94. The van der Waals surface area contributed by atoms with Crippen molar-refractivity contribution in [1.82, 2.24) is 5.48 Å². The quantitative estimate of drug-likeness (QED) is 0.761. The number of amides is 1. The van der Waals surface area contributed by atoms with Crippen LogP contribution in [0, 0.1) is 0 Å². The van der Waals surface area contributed by atoms with Crippen LogP contribution in [0.15, 0.2) is 24.3 Å². The third kappa shape index (κ3) is 4.00. The van der Waals surface area contributed by atoms with Crippen molar-refractivity contribution < 1.29 is 9.63 Å². The molecular weight excluding hydrogens is 204 g/mol. The highest BCUT2D eigenvalue weighted by Crippen LogP contribution is 2.09. The summed E-state index contributed by atoms with van der Waals surface area (Å²) in [7, 11) is 0. The zero-order valence-corrected chi connectivity index (χ0v) is 9.91. The van der Waals surface area contributed by atoms with Crippen molar-refractivity contribution in [1.29, 1.82) is 0 Å². The average molecular weight is 222 g/mol. The Morgan fingerprint density at radius 1 is 1.38 bits per heavy atom. The minimum Gasteiger partial charge on any atom is -0.366 e. The monoisotopic (exact) mass is 222 g/mol. The number of nitrogens with one attached hydrogen (secondary N) is 1. The highest BCUT2D eigenvalue weighted by Gasteiger charge is 2.11. The summed E-state index contributed by atoms with van der Waals surface area (Å²) < 4.78 is 0. The van der Waals surface area contributed by atoms with Gasteiger partial charge in [0.1, 0.15) is 0 Å². The Bertz CT molecular complexity index is 370. The lowest BCUT2D eigenvalue weighted by Gasteiger charge is -2.19. The van der Waals surface area contributed by atoms with Gasteiger partial charge in [0.25, 0.3) is 0 Å². The van der Waals surface area contributed by atoms with Crippen LogP contribution in [0.25, 0.3) is 0 Å². The number of hydrogen-bond donors (Lipinski definition) is 2. The first-order valence-electron chi connectivity index (χ1n) is 5.19. The number of rotatable bonds is 4. The Morgan fingerprint density at radius 2 is 2.00 bits per heavy atom. The summed E-state index contributed by atoms with van der Waals surface area (Å²) in [6.07, 6.45) is 0. The second-order valence-corrected chi connectivity index (χ2v) is 4.56. The van der Waals surface area contributed by atoms with E-state index in [2.05, 4.69) is 5.48 Å². The minimum absolute atomic E-state index is 0.262. The van der Waals surface area contributed by atoms with Crippen LogP contribution in [-0.4, -0.2) is 11.5 Å². The number of nitrogens with two attached hydrogens (primary N) is 1. The molecule has 0 aliphatic rings. The average Bonchev–Trinajstić information content (AvgIpc) is 2.16. The fourth-order valence-electron chi connectivity index (χ4n) is 1.25. The molecule has 88 valence electrons. The molecule has 0 atom stereocenters. The van der Waals surface area contributed by atoms with Gasteiger partial charge in [0.15, 0.2) is 0 Å². The predicted octanol–water partition coefficient (Wildman–Crippen LogP) is 1.61. The van der Waals surface area contributed by atoms with Crippen molar-refractivity contribution in [2.45, 2.75) is 32.9 Å². The summed E-state index contributed by atoms with van der Waals surface area (Å²) in [5.74, 6) is -0.423. The molecule has 0 radical (unpaired) electrons. The zero-order chi connectivity index (χ0) is 12.2. The maximum Gasteiger partial charge on any atom is 0.249 e. The zero-order valence-electron chi connectivity index (χ0n) is 9.91. The van der Waals surface area contributed by atoms with Gasteiger partial charge in [-0.3, -0.25) is 9.63 Å². The standard InChI is InChI=1S/C12H18N2O2/c1-12(2,3)16-14-8-9-6-4-5-7-10(9)11(13)15/h4-7,14H,8H2,1-3H3,(H2,13,15). The Hall–Kier alpha value is -1.39. The normalized spacial score (nSPS) is 11.4. The molecule has 0 spiro atoms. The molecule has 4 heteroatoms. The molecule has 1 aromatic carbocycles. The molecule has 0 bridgehead atoms. The first-order chi connectivity index (χ1) is 7.40. The van der Waals surface area contributed by atoms with E-state index in [-0.39, 0.29) is 5.60 Å². The number of primary amides is 1. The first kappa shape index (κ1) is 12.7. The lowest BCUT2D eigenvalue weighted by Crippen LogP contribution is -2.29. The van der Waals surface area contributed by atoms with Crippen LogP contribution in [0.1, 0.15) is 36.7 Å². The van der Waals surface area contributed by atoms with Crippen molar-refractivity contribution in [3.63, 3.8) is 0 Å². The molecule has 0 unspecified atom stereocenters. The van der Waals surface area contributed by atoms with Crippen molar-refractivity contribution in [2.75, 3.05) is 0 Å². The van der Waals surface area contributed by atoms with Gasteiger partial charge < -0.3 is 5.73 Å². The van der Waals surface area contributed by atoms with Gasteiger partial charge in [0.2, 0.25) is 5.91 Å². The molecule has 0 aliphatic heterocycles. The molecule has 1 aromatic rings. The number of benzene rings is 1. The largest absolute Gasteiger partial charge is 0.366 e. The molecule has 1 rings (SSSR count). The molecular formula is C12H18N2O2. The van der Waals surface area contributed by atoms with E-state index in [1.54, 1.807) is 12.1 Å². The number of hydrogen-bond acceptors (Lipinski definition) is 3. The van der Waals surface area contributed by atoms with Gasteiger partial charge in [0.05, 0.1) is 5.60 Å². The molecule has 0 aromatic heterocycles. The van der Waals surface area contributed by atoms with Gasteiger partial charge in [-0.15, -0.1) is 0 Å². The molecule has 3 N–H and O–H groups in total. The van der Waals surface area contributed by atoms with E-state index < -0.39 is 5.91 Å². The summed E-state index contributed by atoms with van der Waals surface area (Å²) in [5, 5.41) is 0. The van der Waals surface area contributed by atoms with Crippen molar-refractivity contribution in [2.24, 2.45) is 5.73 Å². The molecule has 0 fully saturated rings. The van der Waals surface area contributed by atoms with Crippen LogP contribution in [0.4, 0.5) is 0 Å². The number of carbonyl (C=O) groups excluding carboxylic acids is 1. The summed E-state index contributed by atoms with van der Waals surface area (Å²) in [6.45, 7) is 6.29. The summed E-state index contributed by atoms with van der Waals surface area (Å²) in [6, 6.07) is 7.20. The fourth-order valence-corrected chi connectivity index (χ4v) is 1.25. The van der Waals surface area contributed by atoms with E-state index in [4.69, 9.17) is 10.6 Å². The van der Waals surface area contributed by atoms with E-state index >= 15 is 0 Å². The van der Waals surface area contributed by atoms with E-state index in [1.807, 2.05) is 32.9 Å². The highest BCUT2D eigenvalue weighted by atomic mass is 16.7. The summed E-state index contributed by atoms with van der Waals surface area (Å²) in [5.41, 5.74) is 9.18. The van der Waals surface area contributed by atoms with Crippen LogP contribution in [0.2, 0.25) is 0 Å². The molecule has 0 saturated heterocycles. The second kappa shape index (κ2) is 5.09. The van der Waals surface area contributed by atoms with Crippen molar-refractivity contribution >= 4 is 5.91 Å². The van der Waals surface area contributed by atoms with Gasteiger partial charge in [-0.05, 0) is 32.4 Å². The topological polar surface area (TPSA) is 64.3 Å². The van der Waals surface area contributed by atoms with Gasteiger partial charge >= 0.3 is 0 Å². The predicted molar refractivity (Wildman–Crippen MR) is 62.6 cm³/mol. The minimum atomic E-state index is -0.423. The molecule has 1 amide bonds. The number of hydroxylamine groups is 1. The molecule has 0 saturated carbocycles. The van der Waals surface area contributed by atoms with Gasteiger partial charge in [0, 0.05) is 12.1 Å². The third-order valence-corrected chi connectivity index (χ3v) is 1.92. The maximum atomic E-state index is 11.1. The smallest absolute Gasteiger partial charge is 0.249 e. The lowest BCUT2D eigenvalue weighted by atomic mass is 10.1. The van der Waals surface area contributed by atoms with Crippen LogP contribution in [-0.2, 0) is 11.4 Å². The Morgan fingerprint density at radius 3 is 2.56 bits per heavy atom. The second-order valence-electron chi connectivity index (χ2n) is 4.56. The molecule has 0 aliphatic carbocycles. The van der Waals surface area contributed by atoms with E-state index in [0.29, 0.717) is 12.1 Å². The van der Waals surface area contributed by atoms with Gasteiger partial charge in [-0.2, -0.15) is 5.48 Å². The lowest BCUT2D eigenvalue weighted by molar-refractivity contribution is -0.0757. The van der Waals surface area contributed by atoms with E-state index in [0.717, 1.165) is 5.56 Å². The first-order valence-corrected chi connectivity index (χ1v) is 5.19. The Balaban J connectivity index is 2.64. The van der Waals surface area contributed by atoms with Crippen LogP contribution in [0.5, 0.6) is 0 Å². The van der Waals surface area contributed by atoms with Crippen LogP contribution in [0.3, 0.4) is 0 Å². The molecule has 16 heavy (non-hydrogen) atoms. The third-order valence-electron chi connectivity index (χ3n) is 1.92. The number of carbonyl (C=O) groups is 1.